The van der Waals surface area contributed by atoms with Crippen LogP contribution < -0.4 is 0 Å². The molecule has 0 aliphatic carbocycles. The van der Waals surface area contributed by atoms with E-state index in [0.717, 1.165) is 0 Å². The van der Waals surface area contributed by atoms with Gasteiger partial charge in [0.1, 0.15) is 5.69 Å². The molecule has 0 aromatic carbocycles. The zero-order valence-corrected chi connectivity index (χ0v) is 12.6. The number of rotatable bonds is 4. The van der Waals surface area contributed by atoms with Gasteiger partial charge in [-0.15, -0.1) is 0 Å². The zero-order valence-electron chi connectivity index (χ0n) is 8.84. The maximum absolute atomic E-state index is 12.5. The van der Waals surface area contributed by atoms with Gasteiger partial charge in [-0.05, 0) is 51.0 Å². The molecule has 1 aromatic heterocycles. The Morgan fingerprint density at radius 3 is 2.82 bits per heavy atom. The van der Waals surface area contributed by atoms with E-state index < -0.39 is 12.4 Å². The Labute approximate surface area is 119 Å². The standard InChI is InChI=1S/C10H9BrF2INO2/c1-2-17-6(16)3-5-4-15-9(10(12)13)8(14)7(5)11/h4,10H,2-3H2,1H3. The van der Waals surface area contributed by atoms with Crippen LogP contribution in [0.5, 0.6) is 0 Å². The number of halogens is 4. The van der Waals surface area contributed by atoms with Crippen molar-refractivity contribution in [2.24, 2.45) is 0 Å². The minimum atomic E-state index is -2.63. The number of nitrogens with zero attached hydrogens (tertiary/aromatic N) is 1. The van der Waals surface area contributed by atoms with Crippen molar-refractivity contribution < 1.29 is 18.3 Å². The molecule has 1 aromatic rings. The second-order valence-electron chi connectivity index (χ2n) is 3.08. The maximum Gasteiger partial charge on any atom is 0.310 e. The number of hydrogen-bond acceptors (Lipinski definition) is 3. The summed E-state index contributed by atoms with van der Waals surface area (Å²) >= 11 is 4.96. The van der Waals surface area contributed by atoms with Crippen molar-refractivity contribution in [3.8, 4) is 0 Å². The van der Waals surface area contributed by atoms with Gasteiger partial charge in [0.25, 0.3) is 6.43 Å². The van der Waals surface area contributed by atoms with Gasteiger partial charge in [0, 0.05) is 10.7 Å². The fraction of sp³-hybridized carbons (Fsp3) is 0.400. The highest BCUT2D eigenvalue weighted by molar-refractivity contribution is 14.1. The SMILES string of the molecule is CCOC(=O)Cc1cnc(C(F)F)c(I)c1Br. The summed E-state index contributed by atoms with van der Waals surface area (Å²) in [5, 5.41) is 0. The molecule has 1 rings (SSSR count). The lowest BCUT2D eigenvalue weighted by molar-refractivity contribution is -0.142. The lowest BCUT2D eigenvalue weighted by atomic mass is 10.2. The highest BCUT2D eigenvalue weighted by Gasteiger charge is 2.19. The fourth-order valence-corrected chi connectivity index (χ4v) is 2.32. The summed E-state index contributed by atoms with van der Waals surface area (Å²) in [6, 6.07) is 0. The first kappa shape index (κ1) is 14.7. The number of carbonyl (C=O) groups is 1. The van der Waals surface area contributed by atoms with E-state index in [1.165, 1.54) is 6.20 Å². The Balaban J connectivity index is 2.96. The second kappa shape index (κ2) is 6.58. The molecule has 17 heavy (non-hydrogen) atoms. The Kier molecular flexibility index (Phi) is 5.71. The Hall–Kier alpha value is -0.310. The average molecular weight is 420 g/mol. The molecule has 94 valence electrons. The number of pyridine rings is 1. The molecule has 0 saturated heterocycles. The van der Waals surface area contributed by atoms with Crippen molar-refractivity contribution in [2.45, 2.75) is 19.8 Å². The molecule has 0 atom stereocenters. The first-order chi connectivity index (χ1) is 7.97. The lowest BCUT2D eigenvalue weighted by Gasteiger charge is -2.09. The average Bonchev–Trinajstić information content (AvgIpc) is 2.25. The van der Waals surface area contributed by atoms with Crippen LogP contribution >= 0.6 is 38.5 Å². The van der Waals surface area contributed by atoms with Crippen LogP contribution in [0.1, 0.15) is 24.6 Å². The van der Waals surface area contributed by atoms with E-state index in [1.54, 1.807) is 29.5 Å². The van der Waals surface area contributed by atoms with Crippen LogP contribution in [0.2, 0.25) is 0 Å². The number of esters is 1. The predicted octanol–water partition coefficient (Wildman–Crippen LogP) is 3.49. The lowest BCUT2D eigenvalue weighted by Crippen LogP contribution is -2.09. The van der Waals surface area contributed by atoms with Crippen molar-refractivity contribution in [1.82, 2.24) is 4.98 Å². The molecule has 0 fully saturated rings. The van der Waals surface area contributed by atoms with Crippen LogP contribution in [0, 0.1) is 3.57 Å². The molecular formula is C10H9BrF2INO2. The number of carbonyl (C=O) groups excluding carboxylic acids is 1. The van der Waals surface area contributed by atoms with Crippen molar-refractivity contribution in [1.29, 1.82) is 0 Å². The smallest absolute Gasteiger partial charge is 0.310 e. The number of alkyl halides is 2. The van der Waals surface area contributed by atoms with E-state index in [0.29, 0.717) is 13.6 Å². The van der Waals surface area contributed by atoms with Crippen LogP contribution in [-0.2, 0) is 16.0 Å². The van der Waals surface area contributed by atoms with Gasteiger partial charge in [-0.25, -0.2) is 8.78 Å². The van der Waals surface area contributed by atoms with Crippen LogP contribution in [0.25, 0.3) is 0 Å². The van der Waals surface area contributed by atoms with E-state index in [1.807, 2.05) is 0 Å². The van der Waals surface area contributed by atoms with E-state index in [4.69, 9.17) is 4.74 Å². The Bertz CT molecular complexity index is 429. The molecular weight excluding hydrogens is 411 g/mol. The van der Waals surface area contributed by atoms with Crippen LogP contribution in [0.3, 0.4) is 0 Å². The number of aromatic nitrogens is 1. The van der Waals surface area contributed by atoms with E-state index >= 15 is 0 Å². The first-order valence-electron chi connectivity index (χ1n) is 4.73. The number of ether oxygens (including phenoxy) is 1. The third-order valence-corrected chi connectivity index (χ3v) is 4.64. The highest BCUT2D eigenvalue weighted by atomic mass is 127. The van der Waals surface area contributed by atoms with Crippen LogP contribution in [0.4, 0.5) is 8.78 Å². The molecule has 0 unspecified atom stereocenters. The van der Waals surface area contributed by atoms with Crippen molar-refractivity contribution in [3.05, 3.63) is 25.5 Å². The van der Waals surface area contributed by atoms with Crippen molar-refractivity contribution >= 4 is 44.5 Å². The fourth-order valence-electron chi connectivity index (χ4n) is 1.16. The molecule has 0 spiro atoms. The van der Waals surface area contributed by atoms with Crippen molar-refractivity contribution in [2.75, 3.05) is 6.61 Å². The molecule has 0 aliphatic heterocycles. The minimum Gasteiger partial charge on any atom is -0.466 e. The quantitative estimate of drug-likeness (QED) is 0.554. The van der Waals surface area contributed by atoms with Crippen molar-refractivity contribution in [3.63, 3.8) is 0 Å². The summed E-state index contributed by atoms with van der Waals surface area (Å²) in [7, 11) is 0. The monoisotopic (exact) mass is 419 g/mol. The molecule has 0 aliphatic rings. The first-order valence-corrected chi connectivity index (χ1v) is 6.61. The summed E-state index contributed by atoms with van der Waals surface area (Å²) < 4.78 is 30.7. The van der Waals surface area contributed by atoms with Gasteiger partial charge in [-0.1, -0.05) is 0 Å². The zero-order chi connectivity index (χ0) is 13.0. The van der Waals surface area contributed by atoms with Crippen LogP contribution in [-0.4, -0.2) is 17.6 Å². The summed E-state index contributed by atoms with van der Waals surface area (Å²) in [6.45, 7) is 1.99. The predicted molar refractivity (Wildman–Crippen MR) is 69.9 cm³/mol. The van der Waals surface area contributed by atoms with Gasteiger partial charge >= 0.3 is 5.97 Å². The van der Waals surface area contributed by atoms with Gasteiger partial charge in [0.05, 0.1) is 16.6 Å². The third kappa shape index (κ3) is 3.84. The molecule has 7 heteroatoms. The topological polar surface area (TPSA) is 39.2 Å². The number of hydrogen-bond donors (Lipinski definition) is 0. The summed E-state index contributed by atoms with van der Waals surface area (Å²) in [5.74, 6) is -0.407. The Morgan fingerprint density at radius 1 is 1.65 bits per heavy atom. The normalized spacial score (nSPS) is 10.7. The van der Waals surface area contributed by atoms with Crippen LogP contribution in [0.15, 0.2) is 10.7 Å². The summed E-state index contributed by atoms with van der Waals surface area (Å²) in [5.41, 5.74) is 0.252. The third-order valence-electron chi connectivity index (χ3n) is 1.91. The van der Waals surface area contributed by atoms with E-state index in [2.05, 4.69) is 20.9 Å². The molecule has 0 amide bonds. The summed E-state index contributed by atoms with van der Waals surface area (Å²) in [6.07, 6.45) is -1.35. The minimum absolute atomic E-state index is 0.0148. The van der Waals surface area contributed by atoms with E-state index in [9.17, 15) is 13.6 Å². The Morgan fingerprint density at radius 2 is 2.29 bits per heavy atom. The maximum atomic E-state index is 12.5. The largest absolute Gasteiger partial charge is 0.466 e. The molecule has 0 N–H and O–H groups in total. The van der Waals surface area contributed by atoms with E-state index in [-0.39, 0.29) is 18.7 Å². The second-order valence-corrected chi connectivity index (χ2v) is 4.95. The summed E-state index contributed by atoms with van der Waals surface area (Å²) in [4.78, 5) is 14.9. The van der Waals surface area contributed by atoms with Gasteiger partial charge in [-0.2, -0.15) is 0 Å². The van der Waals surface area contributed by atoms with Gasteiger partial charge in [-0.3, -0.25) is 9.78 Å². The van der Waals surface area contributed by atoms with Gasteiger partial charge < -0.3 is 4.74 Å². The molecule has 0 saturated carbocycles. The molecule has 1 heterocycles. The van der Waals surface area contributed by atoms with Gasteiger partial charge in [0.2, 0.25) is 0 Å². The molecule has 0 radical (unpaired) electrons. The molecule has 3 nitrogen and oxygen atoms in total. The molecule has 0 bridgehead atoms. The van der Waals surface area contributed by atoms with Gasteiger partial charge in [0.15, 0.2) is 0 Å². The highest BCUT2D eigenvalue weighted by Crippen LogP contribution is 2.30.